The second-order valence-corrected chi connectivity index (χ2v) is 7.37. The number of rotatable bonds is 3. The molecule has 2 rings (SSSR count). The Morgan fingerprint density at radius 3 is 1.71 bits per heavy atom. The van der Waals surface area contributed by atoms with E-state index in [1.54, 1.807) is 48.5 Å². The summed E-state index contributed by atoms with van der Waals surface area (Å²) in [6.45, 7) is 0. The molecular formula is C12H9ClO2S2. The Labute approximate surface area is 109 Å². The summed E-state index contributed by atoms with van der Waals surface area (Å²) in [5.74, 6) is 0. The van der Waals surface area contributed by atoms with E-state index in [9.17, 15) is 8.42 Å². The lowest BCUT2D eigenvalue weighted by atomic mass is 10.4. The van der Waals surface area contributed by atoms with Gasteiger partial charge >= 0.3 is 0 Å². The van der Waals surface area contributed by atoms with E-state index >= 15 is 0 Å². The lowest BCUT2D eigenvalue weighted by molar-refractivity contribution is 0.677. The van der Waals surface area contributed by atoms with E-state index in [1.807, 2.05) is 6.07 Å². The topological polar surface area (TPSA) is 34.1 Å². The van der Waals surface area contributed by atoms with Crippen LogP contribution in [0.15, 0.2) is 64.4 Å². The van der Waals surface area contributed by atoms with Crippen molar-refractivity contribution in [2.24, 2.45) is 0 Å². The highest BCUT2D eigenvalue weighted by Gasteiger charge is 2.14. The minimum Gasteiger partial charge on any atom is -0.240 e. The Hall–Kier alpha value is -0.970. The van der Waals surface area contributed by atoms with E-state index in [2.05, 4.69) is 0 Å². The van der Waals surface area contributed by atoms with Crippen LogP contribution in [0.3, 0.4) is 0 Å². The van der Waals surface area contributed by atoms with Crippen molar-refractivity contribution in [3.63, 3.8) is 0 Å². The first kappa shape index (κ1) is 12.5. The van der Waals surface area contributed by atoms with Gasteiger partial charge in [0.25, 0.3) is 0 Å². The number of benzene rings is 2. The molecule has 2 nitrogen and oxygen atoms in total. The zero-order valence-electron chi connectivity index (χ0n) is 8.71. The molecule has 0 aromatic heterocycles. The highest BCUT2D eigenvalue weighted by atomic mass is 35.5. The first-order valence-electron chi connectivity index (χ1n) is 4.83. The molecule has 0 aliphatic heterocycles. The highest BCUT2D eigenvalue weighted by molar-refractivity contribution is 8.61. The standard InChI is InChI=1S/C12H9ClO2S2/c13-10-6-8-12(9-7-10)17(15)16(14)11-4-2-1-3-5-11/h1-9H. The molecule has 0 aliphatic carbocycles. The second kappa shape index (κ2) is 5.58. The Morgan fingerprint density at radius 1 is 0.706 bits per heavy atom. The van der Waals surface area contributed by atoms with Crippen molar-refractivity contribution in [1.29, 1.82) is 0 Å². The fourth-order valence-electron chi connectivity index (χ4n) is 1.25. The molecule has 2 aromatic carbocycles. The van der Waals surface area contributed by atoms with Crippen molar-refractivity contribution < 1.29 is 8.42 Å². The SMILES string of the molecule is O=S(c1ccccc1)S(=O)c1ccc(Cl)cc1. The van der Waals surface area contributed by atoms with Crippen LogP contribution < -0.4 is 0 Å². The van der Waals surface area contributed by atoms with Crippen LogP contribution in [-0.2, 0) is 19.7 Å². The van der Waals surface area contributed by atoms with E-state index in [4.69, 9.17) is 11.6 Å². The van der Waals surface area contributed by atoms with Crippen LogP contribution in [0.1, 0.15) is 0 Å². The molecule has 2 aromatic rings. The molecule has 0 spiro atoms. The van der Waals surface area contributed by atoms with Crippen molar-refractivity contribution in [1.82, 2.24) is 0 Å². The van der Waals surface area contributed by atoms with Gasteiger partial charge in [0.15, 0.2) is 0 Å². The number of hydrogen-bond acceptors (Lipinski definition) is 2. The second-order valence-electron chi connectivity index (χ2n) is 3.24. The lowest BCUT2D eigenvalue weighted by Crippen LogP contribution is -2.00. The molecule has 0 heterocycles. The van der Waals surface area contributed by atoms with Gasteiger partial charge in [-0.05, 0) is 36.4 Å². The average Bonchev–Trinajstić information content (AvgIpc) is 2.39. The van der Waals surface area contributed by atoms with E-state index in [0.29, 0.717) is 14.8 Å². The molecule has 0 radical (unpaired) electrons. The van der Waals surface area contributed by atoms with E-state index < -0.39 is 19.7 Å². The van der Waals surface area contributed by atoms with Gasteiger partial charge in [0.1, 0.15) is 19.7 Å². The molecule has 0 saturated carbocycles. The Bertz CT molecular complexity index is 552. The number of halogens is 1. The summed E-state index contributed by atoms with van der Waals surface area (Å²) < 4.78 is 24.0. The third kappa shape index (κ3) is 3.03. The fraction of sp³-hybridized carbons (Fsp3) is 0. The molecular weight excluding hydrogens is 276 g/mol. The van der Waals surface area contributed by atoms with Gasteiger partial charge in [-0.15, -0.1) is 0 Å². The molecule has 0 N–H and O–H groups in total. The van der Waals surface area contributed by atoms with Crippen molar-refractivity contribution in [2.45, 2.75) is 9.79 Å². The van der Waals surface area contributed by atoms with Crippen LogP contribution in [-0.4, -0.2) is 8.42 Å². The summed E-state index contributed by atoms with van der Waals surface area (Å²) in [5, 5.41) is 0.566. The van der Waals surface area contributed by atoms with E-state index in [1.165, 1.54) is 0 Å². The van der Waals surface area contributed by atoms with Crippen molar-refractivity contribution in [3.8, 4) is 0 Å². The highest BCUT2D eigenvalue weighted by Crippen LogP contribution is 2.18. The summed E-state index contributed by atoms with van der Waals surface area (Å²) in [7, 11) is -3.13. The van der Waals surface area contributed by atoms with Gasteiger partial charge < -0.3 is 0 Å². The minimum atomic E-state index is -1.57. The lowest BCUT2D eigenvalue weighted by Gasteiger charge is -2.02. The predicted octanol–water partition coefficient (Wildman–Crippen LogP) is 3.17. The van der Waals surface area contributed by atoms with Crippen LogP contribution in [0.2, 0.25) is 5.02 Å². The Kier molecular flexibility index (Phi) is 4.10. The third-order valence-electron chi connectivity index (χ3n) is 2.08. The van der Waals surface area contributed by atoms with E-state index in [0.717, 1.165) is 0 Å². The predicted molar refractivity (Wildman–Crippen MR) is 70.7 cm³/mol. The van der Waals surface area contributed by atoms with E-state index in [-0.39, 0.29) is 0 Å². The molecule has 0 bridgehead atoms. The zero-order valence-corrected chi connectivity index (χ0v) is 11.1. The number of hydrogen-bond donors (Lipinski definition) is 0. The summed E-state index contributed by atoms with van der Waals surface area (Å²) in [4.78, 5) is 1.07. The fourth-order valence-corrected chi connectivity index (χ4v) is 4.18. The molecule has 2 atom stereocenters. The molecule has 88 valence electrons. The van der Waals surface area contributed by atoms with Crippen LogP contribution in [0.25, 0.3) is 0 Å². The Morgan fingerprint density at radius 2 is 1.18 bits per heavy atom. The monoisotopic (exact) mass is 284 g/mol. The van der Waals surface area contributed by atoms with Gasteiger partial charge in [-0.3, -0.25) is 0 Å². The van der Waals surface area contributed by atoms with Gasteiger partial charge in [0.2, 0.25) is 0 Å². The maximum atomic E-state index is 12.0. The molecule has 0 fully saturated rings. The van der Waals surface area contributed by atoms with Crippen molar-refractivity contribution in [3.05, 3.63) is 59.6 Å². The third-order valence-corrected chi connectivity index (χ3v) is 5.90. The zero-order chi connectivity index (χ0) is 12.3. The van der Waals surface area contributed by atoms with Gasteiger partial charge in [-0.25, -0.2) is 8.42 Å². The summed E-state index contributed by atoms with van der Waals surface area (Å²) in [6, 6.07) is 15.3. The average molecular weight is 285 g/mol. The molecule has 17 heavy (non-hydrogen) atoms. The van der Waals surface area contributed by atoms with Gasteiger partial charge in [-0.2, -0.15) is 0 Å². The van der Waals surface area contributed by atoms with Crippen LogP contribution in [0, 0.1) is 0 Å². The normalized spacial score (nSPS) is 14.2. The van der Waals surface area contributed by atoms with Gasteiger partial charge in [0, 0.05) is 5.02 Å². The molecule has 2 unspecified atom stereocenters. The summed E-state index contributed by atoms with van der Waals surface area (Å²) in [5.41, 5.74) is 0. The first-order valence-corrected chi connectivity index (χ1v) is 8.02. The first-order chi connectivity index (χ1) is 8.18. The quantitative estimate of drug-likeness (QED) is 0.811. The molecule has 5 heteroatoms. The molecule has 0 aliphatic rings. The van der Waals surface area contributed by atoms with Crippen LogP contribution >= 0.6 is 11.6 Å². The minimum absolute atomic E-state index is 0.511. The smallest absolute Gasteiger partial charge is 0.148 e. The summed E-state index contributed by atoms with van der Waals surface area (Å²) >= 11 is 5.74. The largest absolute Gasteiger partial charge is 0.240 e. The van der Waals surface area contributed by atoms with Gasteiger partial charge in [-0.1, -0.05) is 29.8 Å². The molecule has 0 amide bonds. The van der Waals surface area contributed by atoms with Crippen molar-refractivity contribution in [2.75, 3.05) is 0 Å². The maximum Gasteiger partial charge on any atom is 0.148 e. The Balaban J connectivity index is 2.27. The van der Waals surface area contributed by atoms with Gasteiger partial charge in [0.05, 0.1) is 9.79 Å². The van der Waals surface area contributed by atoms with Crippen LogP contribution in [0.4, 0.5) is 0 Å². The van der Waals surface area contributed by atoms with Crippen molar-refractivity contribution >= 4 is 31.3 Å². The van der Waals surface area contributed by atoms with Crippen LogP contribution in [0.5, 0.6) is 0 Å². The summed E-state index contributed by atoms with van der Waals surface area (Å²) in [6.07, 6.45) is 0. The maximum absolute atomic E-state index is 12.0. The molecule has 0 saturated heterocycles.